The number of para-hydroxylation sites is 1. The minimum atomic E-state index is -3.83. The third-order valence-corrected chi connectivity index (χ3v) is 6.47. The number of nitrogens with one attached hydrogen (secondary N) is 1. The van der Waals surface area contributed by atoms with Crippen LogP contribution in [-0.2, 0) is 10.0 Å². The van der Waals surface area contributed by atoms with Gasteiger partial charge in [-0.3, -0.25) is 0 Å². The van der Waals surface area contributed by atoms with Crippen LogP contribution in [0.25, 0.3) is 0 Å². The summed E-state index contributed by atoms with van der Waals surface area (Å²) in [4.78, 5) is -0.199. The van der Waals surface area contributed by atoms with Gasteiger partial charge in [-0.1, -0.05) is 12.1 Å². The van der Waals surface area contributed by atoms with Crippen LogP contribution in [-0.4, -0.2) is 45.0 Å². The molecule has 0 aromatic heterocycles. The molecule has 2 fully saturated rings. The van der Waals surface area contributed by atoms with E-state index < -0.39 is 16.6 Å². The van der Waals surface area contributed by atoms with E-state index in [-0.39, 0.29) is 10.6 Å². The summed E-state index contributed by atoms with van der Waals surface area (Å²) < 4.78 is 56.2. The minimum absolute atomic E-state index is 0.199. The van der Waals surface area contributed by atoms with Gasteiger partial charge in [0.2, 0.25) is 10.0 Å². The van der Waals surface area contributed by atoms with Crippen molar-refractivity contribution in [1.82, 2.24) is 9.62 Å². The molecule has 0 unspecified atom stereocenters. The van der Waals surface area contributed by atoms with E-state index in [0.717, 1.165) is 25.3 Å². The van der Waals surface area contributed by atoms with Crippen LogP contribution < -0.4 is 10.1 Å². The summed E-state index contributed by atoms with van der Waals surface area (Å²) in [6.07, 6.45) is 4.01. The molecule has 0 radical (unpaired) electrons. The average Bonchev–Trinajstić information content (AvgIpc) is 3.37. The van der Waals surface area contributed by atoms with Gasteiger partial charge in [-0.05, 0) is 50.3 Å². The zero-order chi connectivity index (χ0) is 17.2. The quantitative estimate of drug-likeness (QED) is 0.811. The number of ether oxygens (including phenoxy) is 1. The number of alkyl halides is 2. The first-order chi connectivity index (χ1) is 11.5. The largest absolute Gasteiger partial charge is 0.433 e. The maximum atomic E-state index is 12.8. The molecule has 8 heteroatoms. The summed E-state index contributed by atoms with van der Waals surface area (Å²) in [5.41, 5.74) is 0. The number of piperidine rings is 1. The van der Waals surface area contributed by atoms with E-state index in [1.54, 1.807) is 0 Å². The first-order valence-electron chi connectivity index (χ1n) is 8.24. The van der Waals surface area contributed by atoms with Crippen LogP contribution in [0.15, 0.2) is 29.2 Å². The Hall–Kier alpha value is -1.25. The fraction of sp³-hybridized carbons (Fsp3) is 0.625. The standard InChI is InChI=1S/C16H22F2N2O3S/c17-16(18)23-14-3-1-2-4-15(14)24(21,22)20-9-7-13(8-10-20)19-11-12-5-6-12/h1-4,12-13,16,19H,5-11H2. The minimum Gasteiger partial charge on any atom is -0.433 e. The van der Waals surface area contributed by atoms with Crippen molar-refractivity contribution in [3.63, 3.8) is 0 Å². The SMILES string of the molecule is O=S(=O)(c1ccccc1OC(F)F)N1CCC(NCC2CC2)CC1. The highest BCUT2D eigenvalue weighted by atomic mass is 32.2. The molecule has 24 heavy (non-hydrogen) atoms. The van der Waals surface area contributed by atoms with Crippen molar-refractivity contribution >= 4 is 10.0 Å². The number of hydrogen-bond acceptors (Lipinski definition) is 4. The van der Waals surface area contributed by atoms with Crippen molar-refractivity contribution in [3.05, 3.63) is 24.3 Å². The second kappa shape index (κ2) is 7.33. The molecule has 1 saturated heterocycles. The number of sulfonamides is 1. The molecule has 0 spiro atoms. The van der Waals surface area contributed by atoms with E-state index in [1.165, 1.54) is 41.4 Å². The maximum absolute atomic E-state index is 12.8. The summed E-state index contributed by atoms with van der Waals surface area (Å²) in [6.45, 7) is -1.29. The summed E-state index contributed by atoms with van der Waals surface area (Å²) in [5, 5.41) is 3.49. The molecule has 1 heterocycles. The first-order valence-corrected chi connectivity index (χ1v) is 9.68. The molecule has 2 aliphatic rings. The van der Waals surface area contributed by atoms with E-state index in [1.807, 2.05) is 0 Å². The van der Waals surface area contributed by atoms with Gasteiger partial charge in [-0.2, -0.15) is 13.1 Å². The highest BCUT2D eigenvalue weighted by Gasteiger charge is 2.32. The smallest absolute Gasteiger partial charge is 0.387 e. The van der Waals surface area contributed by atoms with Crippen LogP contribution in [0.3, 0.4) is 0 Å². The van der Waals surface area contributed by atoms with Crippen molar-refractivity contribution in [1.29, 1.82) is 0 Å². The second-order valence-corrected chi connectivity index (χ2v) is 8.26. The highest BCUT2D eigenvalue weighted by molar-refractivity contribution is 7.89. The second-order valence-electron chi connectivity index (χ2n) is 6.36. The Morgan fingerprint density at radius 3 is 2.46 bits per heavy atom. The molecule has 1 saturated carbocycles. The van der Waals surface area contributed by atoms with Gasteiger partial charge in [0.05, 0.1) is 0 Å². The Bertz CT molecular complexity index is 657. The van der Waals surface area contributed by atoms with Gasteiger partial charge < -0.3 is 10.1 Å². The lowest BCUT2D eigenvalue weighted by atomic mass is 10.1. The van der Waals surface area contributed by atoms with Crippen LogP contribution in [0.1, 0.15) is 25.7 Å². The molecule has 0 amide bonds. The van der Waals surface area contributed by atoms with Gasteiger partial charge >= 0.3 is 6.61 Å². The predicted molar refractivity (Wildman–Crippen MR) is 85.6 cm³/mol. The summed E-state index contributed by atoms with van der Waals surface area (Å²) in [6, 6.07) is 5.87. The van der Waals surface area contributed by atoms with Gasteiger partial charge in [0, 0.05) is 19.1 Å². The van der Waals surface area contributed by atoms with E-state index in [9.17, 15) is 17.2 Å². The van der Waals surface area contributed by atoms with Crippen LogP contribution in [0.5, 0.6) is 5.75 Å². The van der Waals surface area contributed by atoms with Crippen molar-refractivity contribution in [2.45, 2.75) is 43.2 Å². The number of rotatable bonds is 7. The molecule has 1 aromatic rings. The third-order valence-electron chi connectivity index (χ3n) is 4.53. The Kier molecular flexibility index (Phi) is 5.36. The van der Waals surface area contributed by atoms with E-state index in [2.05, 4.69) is 10.1 Å². The first kappa shape index (κ1) is 17.6. The highest BCUT2D eigenvalue weighted by Crippen LogP contribution is 2.30. The molecule has 1 N–H and O–H groups in total. The van der Waals surface area contributed by atoms with Crippen molar-refractivity contribution in [2.24, 2.45) is 5.92 Å². The van der Waals surface area contributed by atoms with Gasteiger partial charge in [0.15, 0.2) is 0 Å². The van der Waals surface area contributed by atoms with Gasteiger partial charge in [-0.15, -0.1) is 0 Å². The Labute approximate surface area is 141 Å². The molecule has 1 aliphatic carbocycles. The fourth-order valence-electron chi connectivity index (χ4n) is 2.95. The molecule has 134 valence electrons. The number of hydrogen-bond donors (Lipinski definition) is 1. The lowest BCUT2D eigenvalue weighted by Gasteiger charge is -2.32. The fourth-order valence-corrected chi connectivity index (χ4v) is 4.54. The van der Waals surface area contributed by atoms with Crippen molar-refractivity contribution in [3.8, 4) is 5.75 Å². The Balaban J connectivity index is 1.65. The lowest BCUT2D eigenvalue weighted by Crippen LogP contribution is -2.45. The Morgan fingerprint density at radius 2 is 1.83 bits per heavy atom. The van der Waals surface area contributed by atoms with E-state index >= 15 is 0 Å². The van der Waals surface area contributed by atoms with Crippen molar-refractivity contribution in [2.75, 3.05) is 19.6 Å². The van der Waals surface area contributed by atoms with Gasteiger partial charge in [-0.25, -0.2) is 8.42 Å². The molecule has 0 bridgehead atoms. The molecule has 0 atom stereocenters. The third kappa shape index (κ3) is 4.23. The topological polar surface area (TPSA) is 58.6 Å². The summed E-state index contributed by atoms with van der Waals surface area (Å²) in [5.74, 6) is 0.478. The molecule has 3 rings (SSSR count). The molecular weight excluding hydrogens is 338 g/mol. The zero-order valence-electron chi connectivity index (χ0n) is 13.3. The summed E-state index contributed by atoms with van der Waals surface area (Å²) in [7, 11) is -3.83. The van der Waals surface area contributed by atoms with Crippen LogP contribution >= 0.6 is 0 Å². The van der Waals surface area contributed by atoms with Crippen molar-refractivity contribution < 1.29 is 21.9 Å². The predicted octanol–water partition coefficient (Wildman–Crippen LogP) is 2.44. The van der Waals surface area contributed by atoms with Crippen LogP contribution in [0.4, 0.5) is 8.78 Å². The monoisotopic (exact) mass is 360 g/mol. The number of nitrogens with zero attached hydrogens (tertiary/aromatic N) is 1. The lowest BCUT2D eigenvalue weighted by molar-refractivity contribution is -0.0518. The normalized spacial score (nSPS) is 20.5. The molecule has 1 aliphatic heterocycles. The van der Waals surface area contributed by atoms with E-state index in [4.69, 9.17) is 0 Å². The van der Waals surface area contributed by atoms with Crippen LogP contribution in [0.2, 0.25) is 0 Å². The molecule has 1 aromatic carbocycles. The average molecular weight is 360 g/mol. The summed E-state index contributed by atoms with van der Waals surface area (Å²) >= 11 is 0. The van der Waals surface area contributed by atoms with Gasteiger partial charge in [0.25, 0.3) is 0 Å². The Morgan fingerprint density at radius 1 is 1.17 bits per heavy atom. The molecular formula is C16H22F2N2O3S. The van der Waals surface area contributed by atoms with Crippen LogP contribution in [0, 0.1) is 5.92 Å². The van der Waals surface area contributed by atoms with Gasteiger partial charge in [0.1, 0.15) is 10.6 Å². The maximum Gasteiger partial charge on any atom is 0.387 e. The number of benzene rings is 1. The van der Waals surface area contributed by atoms with E-state index in [0.29, 0.717) is 19.1 Å². The zero-order valence-corrected chi connectivity index (χ0v) is 14.1. The number of halogens is 2. The molecule has 5 nitrogen and oxygen atoms in total.